The van der Waals surface area contributed by atoms with Crippen molar-refractivity contribution in [3.05, 3.63) is 48.0 Å². The Labute approximate surface area is 165 Å². The Bertz CT molecular complexity index is 675. The zero-order valence-electron chi connectivity index (χ0n) is 14.6. The number of guanidine groups is 1. The second-order valence-electron chi connectivity index (χ2n) is 5.80. The average Bonchev–Trinajstić information content (AvgIpc) is 3.06. The first kappa shape index (κ1) is 19.6. The Morgan fingerprint density at radius 1 is 1.44 bits per heavy atom. The third kappa shape index (κ3) is 5.40. The van der Waals surface area contributed by atoms with Crippen LogP contribution < -0.4 is 5.32 Å². The lowest BCUT2D eigenvalue weighted by atomic mass is 10.1. The van der Waals surface area contributed by atoms with Crippen LogP contribution in [0.25, 0.3) is 0 Å². The minimum atomic E-state index is 0. The van der Waals surface area contributed by atoms with Gasteiger partial charge in [-0.15, -0.1) is 24.0 Å². The quantitative estimate of drug-likeness (QED) is 0.431. The van der Waals surface area contributed by atoms with Gasteiger partial charge in [0.2, 0.25) is 0 Å². The first-order valence-corrected chi connectivity index (χ1v) is 8.22. The summed E-state index contributed by atoms with van der Waals surface area (Å²) >= 11 is 0. The Morgan fingerprint density at radius 2 is 2.32 bits per heavy atom. The molecule has 2 aromatic heterocycles. The van der Waals surface area contributed by atoms with Crippen LogP contribution in [0.5, 0.6) is 0 Å². The minimum Gasteiger partial charge on any atom is -0.370 e. The van der Waals surface area contributed by atoms with Gasteiger partial charge in [-0.05, 0) is 12.1 Å². The van der Waals surface area contributed by atoms with E-state index in [1.807, 2.05) is 50.9 Å². The summed E-state index contributed by atoms with van der Waals surface area (Å²) in [7, 11) is 3.74. The van der Waals surface area contributed by atoms with E-state index in [0.717, 1.165) is 43.3 Å². The van der Waals surface area contributed by atoms with Gasteiger partial charge in [-0.3, -0.25) is 14.7 Å². The first-order chi connectivity index (χ1) is 11.8. The number of aromatic nitrogens is 3. The van der Waals surface area contributed by atoms with Crippen LogP contribution in [0.15, 0.2) is 41.8 Å². The standard InChI is InChI=1S/C17H24N6O.HI/c1-18-17(20-8-6-15-5-3-4-7-19-15)23-9-10-24-16(13-23)14-11-21-22(2)12-14;/h3-5,7,11-12,16H,6,8-10,13H2,1-2H3,(H,18,20);1H. The molecule has 7 nitrogen and oxygen atoms in total. The summed E-state index contributed by atoms with van der Waals surface area (Å²) in [5.41, 5.74) is 2.18. The molecule has 25 heavy (non-hydrogen) atoms. The van der Waals surface area contributed by atoms with Crippen LogP contribution >= 0.6 is 24.0 Å². The highest BCUT2D eigenvalue weighted by Crippen LogP contribution is 2.21. The summed E-state index contributed by atoms with van der Waals surface area (Å²) in [4.78, 5) is 11.0. The number of rotatable bonds is 4. The van der Waals surface area contributed by atoms with E-state index in [1.54, 1.807) is 4.68 Å². The number of morpholine rings is 1. The van der Waals surface area contributed by atoms with Crippen molar-refractivity contribution in [2.75, 3.05) is 33.3 Å². The molecule has 1 aliphatic rings. The molecule has 3 heterocycles. The van der Waals surface area contributed by atoms with Crippen molar-refractivity contribution in [1.82, 2.24) is 25.0 Å². The number of pyridine rings is 1. The molecule has 3 rings (SSSR count). The number of halogens is 1. The van der Waals surface area contributed by atoms with Gasteiger partial charge in [0.15, 0.2) is 5.96 Å². The molecule has 1 fully saturated rings. The fourth-order valence-corrected chi connectivity index (χ4v) is 2.83. The molecule has 0 aliphatic carbocycles. The SMILES string of the molecule is CN=C(NCCc1ccccn1)N1CCOC(c2cnn(C)c2)C1.I. The second kappa shape index (κ2) is 9.71. The van der Waals surface area contributed by atoms with E-state index in [9.17, 15) is 0 Å². The van der Waals surface area contributed by atoms with Gasteiger partial charge in [-0.25, -0.2) is 0 Å². The van der Waals surface area contributed by atoms with Crippen LogP contribution in [0, 0.1) is 0 Å². The predicted octanol–water partition coefficient (Wildman–Crippen LogP) is 1.62. The van der Waals surface area contributed by atoms with Gasteiger partial charge in [0.25, 0.3) is 0 Å². The second-order valence-corrected chi connectivity index (χ2v) is 5.80. The number of aliphatic imine (C=N–C) groups is 1. The number of hydrogen-bond donors (Lipinski definition) is 1. The molecular weight excluding hydrogens is 431 g/mol. The van der Waals surface area contributed by atoms with Crippen molar-refractivity contribution in [3.63, 3.8) is 0 Å². The van der Waals surface area contributed by atoms with Gasteiger partial charge >= 0.3 is 0 Å². The lowest BCUT2D eigenvalue weighted by Gasteiger charge is -2.34. The third-order valence-corrected chi connectivity index (χ3v) is 4.06. The van der Waals surface area contributed by atoms with Crippen LogP contribution in [0.1, 0.15) is 17.4 Å². The maximum Gasteiger partial charge on any atom is 0.193 e. The lowest BCUT2D eigenvalue weighted by molar-refractivity contribution is -0.00801. The molecule has 1 N–H and O–H groups in total. The average molecular weight is 456 g/mol. The van der Waals surface area contributed by atoms with Crippen molar-refractivity contribution in [3.8, 4) is 0 Å². The summed E-state index contributed by atoms with van der Waals surface area (Å²) < 4.78 is 7.69. The monoisotopic (exact) mass is 456 g/mol. The fourth-order valence-electron chi connectivity index (χ4n) is 2.83. The van der Waals surface area contributed by atoms with Crippen LogP contribution in [0.2, 0.25) is 0 Å². The van der Waals surface area contributed by atoms with E-state index in [4.69, 9.17) is 4.74 Å². The van der Waals surface area contributed by atoms with Gasteiger partial charge in [-0.2, -0.15) is 5.10 Å². The van der Waals surface area contributed by atoms with E-state index in [1.165, 1.54) is 0 Å². The van der Waals surface area contributed by atoms with Crippen molar-refractivity contribution in [2.45, 2.75) is 12.5 Å². The molecule has 0 spiro atoms. The topological polar surface area (TPSA) is 67.6 Å². The molecule has 8 heteroatoms. The minimum absolute atomic E-state index is 0. The molecule has 0 bridgehead atoms. The molecular formula is C17H25IN6O. The highest BCUT2D eigenvalue weighted by molar-refractivity contribution is 14.0. The molecule has 0 aromatic carbocycles. The van der Waals surface area contributed by atoms with E-state index in [-0.39, 0.29) is 30.1 Å². The maximum atomic E-state index is 5.89. The van der Waals surface area contributed by atoms with Crippen molar-refractivity contribution in [1.29, 1.82) is 0 Å². The molecule has 1 atom stereocenters. The molecule has 0 amide bonds. The number of hydrogen-bond acceptors (Lipinski definition) is 4. The smallest absolute Gasteiger partial charge is 0.193 e. The van der Waals surface area contributed by atoms with Crippen LogP contribution in [-0.4, -0.2) is 58.9 Å². The van der Waals surface area contributed by atoms with E-state index in [0.29, 0.717) is 6.61 Å². The molecule has 1 aliphatic heterocycles. The highest BCUT2D eigenvalue weighted by atomic mass is 127. The van der Waals surface area contributed by atoms with Crippen molar-refractivity contribution in [2.24, 2.45) is 12.0 Å². The molecule has 0 radical (unpaired) electrons. The summed E-state index contributed by atoms with van der Waals surface area (Å²) in [6, 6.07) is 5.98. The Balaban J connectivity index is 0.00000225. The van der Waals surface area contributed by atoms with Crippen molar-refractivity contribution < 1.29 is 4.74 Å². The first-order valence-electron chi connectivity index (χ1n) is 8.22. The van der Waals surface area contributed by atoms with Gasteiger partial charge in [-0.1, -0.05) is 6.07 Å². The summed E-state index contributed by atoms with van der Waals surface area (Å²) in [5, 5.41) is 7.65. The molecule has 0 saturated carbocycles. The fraction of sp³-hybridized carbons (Fsp3) is 0.471. The molecule has 136 valence electrons. The third-order valence-electron chi connectivity index (χ3n) is 4.06. The number of nitrogens with zero attached hydrogens (tertiary/aromatic N) is 5. The Kier molecular flexibility index (Phi) is 7.63. The number of nitrogens with one attached hydrogen (secondary N) is 1. The van der Waals surface area contributed by atoms with Crippen LogP contribution in [0.4, 0.5) is 0 Å². The zero-order valence-corrected chi connectivity index (χ0v) is 17.0. The number of aryl methyl sites for hydroxylation is 1. The van der Waals surface area contributed by atoms with Gasteiger partial charge < -0.3 is 15.0 Å². The Morgan fingerprint density at radius 3 is 3.00 bits per heavy atom. The van der Waals surface area contributed by atoms with Gasteiger partial charge in [0.1, 0.15) is 6.10 Å². The lowest BCUT2D eigenvalue weighted by Crippen LogP contribution is -2.48. The van der Waals surface area contributed by atoms with E-state index < -0.39 is 0 Å². The van der Waals surface area contributed by atoms with Gasteiger partial charge in [0.05, 0.1) is 19.3 Å². The maximum absolute atomic E-state index is 5.89. The summed E-state index contributed by atoms with van der Waals surface area (Å²) in [5.74, 6) is 0.906. The van der Waals surface area contributed by atoms with E-state index in [2.05, 4.69) is 25.3 Å². The van der Waals surface area contributed by atoms with Crippen molar-refractivity contribution >= 4 is 29.9 Å². The largest absolute Gasteiger partial charge is 0.370 e. The molecule has 1 unspecified atom stereocenters. The molecule has 1 saturated heterocycles. The summed E-state index contributed by atoms with van der Waals surface area (Å²) in [6.07, 6.45) is 6.60. The van der Waals surface area contributed by atoms with Gasteiger partial charge in [0, 0.05) is 57.3 Å². The Hall–Kier alpha value is -1.68. The van der Waals surface area contributed by atoms with Crippen LogP contribution in [0.3, 0.4) is 0 Å². The zero-order chi connectivity index (χ0) is 16.8. The summed E-state index contributed by atoms with van der Waals surface area (Å²) in [6.45, 7) is 3.09. The normalized spacial score (nSPS) is 17.9. The predicted molar refractivity (Wildman–Crippen MR) is 108 cm³/mol. The number of ether oxygens (including phenoxy) is 1. The molecule has 2 aromatic rings. The highest BCUT2D eigenvalue weighted by Gasteiger charge is 2.24. The van der Waals surface area contributed by atoms with E-state index >= 15 is 0 Å². The van der Waals surface area contributed by atoms with Crippen LogP contribution in [-0.2, 0) is 18.2 Å².